The summed E-state index contributed by atoms with van der Waals surface area (Å²) in [6, 6.07) is 30.8. The topological polar surface area (TPSA) is 129 Å². The van der Waals surface area contributed by atoms with Gasteiger partial charge in [0.1, 0.15) is 0 Å². The molecular formula is C48H60Br4N8O4. The van der Waals surface area contributed by atoms with E-state index in [1.807, 2.05) is 125 Å². The van der Waals surface area contributed by atoms with Gasteiger partial charge in [-0.3, -0.25) is 38.8 Å². The van der Waals surface area contributed by atoms with E-state index in [4.69, 9.17) is 0 Å². The van der Waals surface area contributed by atoms with E-state index in [1.165, 1.54) is 0 Å². The Hall–Kier alpha value is -3.48. The van der Waals surface area contributed by atoms with Crippen LogP contribution in [0.15, 0.2) is 115 Å². The van der Waals surface area contributed by atoms with Crippen LogP contribution in [0.4, 0.5) is 0 Å². The lowest BCUT2D eigenvalue weighted by atomic mass is 10.1. The Morgan fingerprint density at radius 2 is 0.516 bits per heavy atom. The molecule has 0 radical (unpaired) electrons. The van der Waals surface area contributed by atoms with Crippen molar-refractivity contribution in [1.82, 2.24) is 40.9 Å². The average Bonchev–Trinajstić information content (AvgIpc) is 3.25. The van der Waals surface area contributed by atoms with E-state index in [0.717, 1.165) is 40.1 Å². The van der Waals surface area contributed by atoms with Crippen molar-refractivity contribution in [1.29, 1.82) is 0 Å². The molecule has 0 saturated carbocycles. The van der Waals surface area contributed by atoms with Crippen molar-refractivity contribution in [2.45, 2.75) is 51.9 Å². The van der Waals surface area contributed by atoms with Crippen LogP contribution in [0.3, 0.4) is 0 Å². The summed E-state index contributed by atoms with van der Waals surface area (Å²) in [5.74, 6) is -0.454. The first-order chi connectivity index (χ1) is 30.6. The SMILES string of the molecule is C[C@@H](NC(=O)CN1CCN(CC(=O)N[C@H](C)c2ccc(Br)cc2)CCN(CC(=O)N[C@H](C)c2ccc(Br)cc2)CCN(CC(=O)N[C@H](C)c2ccc(Br)cc2)CC1)c1ccc(Br)cc1. The van der Waals surface area contributed by atoms with Gasteiger partial charge < -0.3 is 21.3 Å². The van der Waals surface area contributed by atoms with Crippen LogP contribution in [0.25, 0.3) is 0 Å². The molecule has 0 unspecified atom stereocenters. The van der Waals surface area contributed by atoms with Gasteiger partial charge in [0, 0.05) is 70.2 Å². The standard InChI is InChI=1S/C48H60Br4N8O4/c1-33(37-5-13-41(49)14-6-37)53-45(61)29-57-21-23-58(30-46(62)54-34(2)38-7-15-42(50)16-8-38)25-27-60(32-48(64)56-36(4)40-11-19-44(52)20-12-40)28-26-59(24-22-57)31-47(63)55-35(3)39-9-17-43(51)18-10-39/h5-20,33-36H,21-32H2,1-4H3,(H,53,61)(H,54,62)(H,55,63)(H,56,64)/t33-,34-,35-,36-/m1/s1. The molecule has 16 heteroatoms. The molecule has 4 atom stereocenters. The molecule has 1 aliphatic rings. The van der Waals surface area contributed by atoms with E-state index >= 15 is 0 Å². The molecule has 1 heterocycles. The zero-order valence-electron chi connectivity index (χ0n) is 37.0. The van der Waals surface area contributed by atoms with Crippen molar-refractivity contribution < 1.29 is 19.2 Å². The fourth-order valence-electron chi connectivity index (χ4n) is 7.51. The summed E-state index contributed by atoms with van der Waals surface area (Å²) in [7, 11) is 0. The molecule has 4 aromatic carbocycles. The highest BCUT2D eigenvalue weighted by Gasteiger charge is 2.24. The van der Waals surface area contributed by atoms with Crippen LogP contribution in [-0.4, -0.2) is 122 Å². The van der Waals surface area contributed by atoms with Gasteiger partial charge in [-0.25, -0.2) is 0 Å². The molecule has 0 spiro atoms. The zero-order chi connectivity index (χ0) is 46.2. The quantitative estimate of drug-likeness (QED) is 0.0897. The maximum Gasteiger partial charge on any atom is 0.234 e. The summed E-state index contributed by atoms with van der Waals surface area (Å²) < 4.78 is 3.87. The molecule has 4 amide bonds. The minimum Gasteiger partial charge on any atom is -0.348 e. The van der Waals surface area contributed by atoms with Crippen molar-refractivity contribution in [2.24, 2.45) is 0 Å². The number of halogens is 4. The lowest BCUT2D eigenvalue weighted by Crippen LogP contribution is -2.51. The lowest BCUT2D eigenvalue weighted by molar-refractivity contribution is -0.125. The van der Waals surface area contributed by atoms with Crippen LogP contribution < -0.4 is 21.3 Å². The third-order valence-corrected chi connectivity index (χ3v) is 13.5. The van der Waals surface area contributed by atoms with Crippen molar-refractivity contribution in [3.05, 3.63) is 137 Å². The van der Waals surface area contributed by atoms with Crippen molar-refractivity contribution in [3.63, 3.8) is 0 Å². The highest BCUT2D eigenvalue weighted by atomic mass is 79.9. The second kappa shape index (κ2) is 26.0. The zero-order valence-corrected chi connectivity index (χ0v) is 43.3. The van der Waals surface area contributed by atoms with Crippen LogP contribution in [0.5, 0.6) is 0 Å². The third-order valence-electron chi connectivity index (χ3n) is 11.4. The normalized spacial score (nSPS) is 16.9. The summed E-state index contributed by atoms with van der Waals surface area (Å²) in [6.45, 7) is 12.5. The maximum absolute atomic E-state index is 13.7. The van der Waals surface area contributed by atoms with Gasteiger partial charge in [-0.1, -0.05) is 112 Å². The number of hydrogen-bond acceptors (Lipinski definition) is 8. The van der Waals surface area contributed by atoms with E-state index in [9.17, 15) is 19.2 Å². The molecule has 344 valence electrons. The molecule has 0 bridgehead atoms. The second-order valence-corrected chi connectivity index (χ2v) is 20.1. The van der Waals surface area contributed by atoms with Crippen LogP contribution in [-0.2, 0) is 19.2 Å². The molecule has 0 aromatic heterocycles. The average molecular weight is 1130 g/mol. The Balaban J connectivity index is 1.33. The largest absolute Gasteiger partial charge is 0.348 e. The van der Waals surface area contributed by atoms with Gasteiger partial charge in [0.2, 0.25) is 23.6 Å². The van der Waals surface area contributed by atoms with E-state index in [-0.39, 0.29) is 74.0 Å². The Labute approximate surface area is 412 Å². The Morgan fingerprint density at radius 1 is 0.359 bits per heavy atom. The number of benzene rings is 4. The van der Waals surface area contributed by atoms with Gasteiger partial charge in [0.15, 0.2) is 0 Å². The number of rotatable bonds is 16. The molecule has 1 aliphatic heterocycles. The smallest absolute Gasteiger partial charge is 0.234 e. The number of nitrogens with one attached hydrogen (secondary N) is 4. The number of hydrogen-bond donors (Lipinski definition) is 4. The highest BCUT2D eigenvalue weighted by Crippen LogP contribution is 2.20. The van der Waals surface area contributed by atoms with Crippen molar-refractivity contribution in [2.75, 3.05) is 78.5 Å². The van der Waals surface area contributed by atoms with Crippen molar-refractivity contribution in [3.8, 4) is 0 Å². The minimum absolute atomic E-state index is 0.114. The van der Waals surface area contributed by atoms with Gasteiger partial charge in [0.05, 0.1) is 50.3 Å². The summed E-state index contributed by atoms with van der Waals surface area (Å²) >= 11 is 14.0. The van der Waals surface area contributed by atoms with Gasteiger partial charge in [-0.05, 0) is 98.5 Å². The lowest BCUT2D eigenvalue weighted by Gasteiger charge is -2.34. The summed E-state index contributed by atoms with van der Waals surface area (Å²) in [5, 5.41) is 12.7. The molecule has 1 saturated heterocycles. The van der Waals surface area contributed by atoms with E-state index in [2.05, 4.69) is 105 Å². The summed E-state index contributed by atoms with van der Waals surface area (Å²) in [5.41, 5.74) is 3.98. The number of nitrogens with zero attached hydrogens (tertiary/aromatic N) is 4. The number of amides is 4. The monoisotopic (exact) mass is 1130 g/mol. The van der Waals surface area contributed by atoms with Crippen LogP contribution in [0.1, 0.15) is 74.1 Å². The Morgan fingerprint density at radius 3 is 0.672 bits per heavy atom. The molecular weight excluding hydrogens is 1070 g/mol. The Kier molecular flexibility index (Phi) is 20.9. The molecule has 64 heavy (non-hydrogen) atoms. The number of carbonyl (C=O) groups excluding carboxylic acids is 4. The molecule has 12 nitrogen and oxygen atoms in total. The van der Waals surface area contributed by atoms with Gasteiger partial charge in [-0.15, -0.1) is 0 Å². The van der Waals surface area contributed by atoms with Gasteiger partial charge in [0.25, 0.3) is 0 Å². The van der Waals surface area contributed by atoms with Crippen molar-refractivity contribution >= 4 is 87.3 Å². The maximum atomic E-state index is 13.7. The predicted molar refractivity (Wildman–Crippen MR) is 269 cm³/mol. The van der Waals surface area contributed by atoms with Gasteiger partial charge in [-0.2, -0.15) is 0 Å². The fourth-order valence-corrected chi connectivity index (χ4v) is 8.57. The fraction of sp³-hybridized carbons (Fsp3) is 0.417. The minimum atomic E-state index is -0.199. The molecule has 0 aliphatic carbocycles. The summed E-state index contributed by atoms with van der Waals surface area (Å²) in [4.78, 5) is 63.1. The van der Waals surface area contributed by atoms with Crippen LogP contribution in [0.2, 0.25) is 0 Å². The number of carbonyl (C=O) groups is 4. The second-order valence-electron chi connectivity index (χ2n) is 16.5. The van der Waals surface area contributed by atoms with E-state index in [1.54, 1.807) is 0 Å². The first-order valence-electron chi connectivity index (χ1n) is 21.7. The highest BCUT2D eigenvalue weighted by molar-refractivity contribution is 9.11. The van der Waals surface area contributed by atoms with Crippen LogP contribution in [0, 0.1) is 0 Å². The molecule has 5 rings (SSSR count). The predicted octanol–water partition coefficient (Wildman–Crippen LogP) is 7.77. The van der Waals surface area contributed by atoms with E-state index in [0.29, 0.717) is 52.4 Å². The first-order valence-corrected chi connectivity index (χ1v) is 24.9. The molecule has 1 fully saturated rings. The van der Waals surface area contributed by atoms with Crippen LogP contribution >= 0.6 is 63.7 Å². The van der Waals surface area contributed by atoms with Gasteiger partial charge >= 0.3 is 0 Å². The third kappa shape index (κ3) is 17.7. The first kappa shape index (κ1) is 51.5. The molecule has 4 N–H and O–H groups in total. The molecule has 4 aromatic rings. The summed E-state index contributed by atoms with van der Waals surface area (Å²) in [6.07, 6.45) is 0. The Bertz CT molecular complexity index is 1790. The van der Waals surface area contributed by atoms with E-state index < -0.39 is 0 Å².